The number of nitrogens with one attached hydrogen (secondary N) is 1. The molecular formula is C16H14ClN3S. The van der Waals surface area contributed by atoms with E-state index in [-0.39, 0.29) is 0 Å². The second-order valence-corrected chi connectivity index (χ2v) is 6.84. The summed E-state index contributed by atoms with van der Waals surface area (Å²) in [7, 11) is 0. The maximum Gasteiger partial charge on any atom is 0.142 e. The number of hydrogen-bond donors (Lipinski definition) is 1. The molecule has 4 rings (SSSR count). The molecular weight excluding hydrogens is 302 g/mol. The fraction of sp³-hybridized carbons (Fsp3) is 0.250. The predicted octanol–water partition coefficient (Wildman–Crippen LogP) is 4.89. The van der Waals surface area contributed by atoms with E-state index in [9.17, 15) is 0 Å². The summed E-state index contributed by atoms with van der Waals surface area (Å²) in [4.78, 5) is 11.4. The van der Waals surface area contributed by atoms with Crippen molar-refractivity contribution in [1.29, 1.82) is 0 Å². The van der Waals surface area contributed by atoms with Gasteiger partial charge in [0.25, 0.3) is 0 Å². The van der Waals surface area contributed by atoms with E-state index in [1.54, 1.807) is 17.7 Å². The fourth-order valence-electron chi connectivity index (χ4n) is 2.83. The molecule has 0 bridgehead atoms. The topological polar surface area (TPSA) is 37.8 Å². The molecule has 0 saturated heterocycles. The molecule has 5 heteroatoms. The maximum atomic E-state index is 6.20. The lowest BCUT2D eigenvalue weighted by Crippen LogP contribution is -1.96. The highest BCUT2D eigenvalue weighted by Crippen LogP contribution is 2.39. The molecule has 0 atom stereocenters. The van der Waals surface area contributed by atoms with E-state index >= 15 is 0 Å². The summed E-state index contributed by atoms with van der Waals surface area (Å²) in [6.07, 6.45) is 5.17. The Morgan fingerprint density at radius 3 is 3.00 bits per heavy atom. The average molecular weight is 316 g/mol. The molecule has 106 valence electrons. The largest absolute Gasteiger partial charge is 0.340 e. The van der Waals surface area contributed by atoms with E-state index < -0.39 is 0 Å². The Labute approximate surface area is 132 Å². The van der Waals surface area contributed by atoms with Crippen LogP contribution in [0.25, 0.3) is 10.2 Å². The lowest BCUT2D eigenvalue weighted by Gasteiger charge is -2.09. The van der Waals surface area contributed by atoms with Crippen molar-refractivity contribution in [2.45, 2.75) is 26.2 Å². The Bertz CT molecular complexity index is 841. The first kappa shape index (κ1) is 13.0. The molecule has 0 radical (unpaired) electrons. The van der Waals surface area contributed by atoms with Crippen molar-refractivity contribution in [2.75, 3.05) is 5.32 Å². The molecule has 0 amide bonds. The molecule has 1 N–H and O–H groups in total. The van der Waals surface area contributed by atoms with Crippen LogP contribution in [0.3, 0.4) is 0 Å². The summed E-state index contributed by atoms with van der Waals surface area (Å²) in [5.74, 6) is 0.888. The van der Waals surface area contributed by atoms with Crippen LogP contribution in [-0.2, 0) is 12.8 Å². The summed E-state index contributed by atoms with van der Waals surface area (Å²) in [6.45, 7) is 2.00. The Kier molecular flexibility index (Phi) is 3.08. The first-order valence-electron chi connectivity index (χ1n) is 7.01. The van der Waals surface area contributed by atoms with E-state index in [0.717, 1.165) is 33.3 Å². The highest BCUT2D eigenvalue weighted by Gasteiger charge is 2.21. The van der Waals surface area contributed by atoms with Crippen LogP contribution in [0.4, 0.5) is 11.5 Å². The average Bonchev–Trinajstić information content (AvgIpc) is 3.03. The molecule has 1 aromatic carbocycles. The van der Waals surface area contributed by atoms with E-state index in [4.69, 9.17) is 11.6 Å². The first-order valence-corrected chi connectivity index (χ1v) is 8.20. The summed E-state index contributed by atoms with van der Waals surface area (Å²) in [5, 5.41) is 5.35. The minimum atomic E-state index is 0.765. The van der Waals surface area contributed by atoms with Crippen molar-refractivity contribution >= 4 is 44.7 Å². The minimum absolute atomic E-state index is 0.765. The lowest BCUT2D eigenvalue weighted by molar-refractivity contribution is 0.917. The Morgan fingerprint density at radius 1 is 1.24 bits per heavy atom. The van der Waals surface area contributed by atoms with Crippen molar-refractivity contribution in [1.82, 2.24) is 9.97 Å². The molecule has 21 heavy (non-hydrogen) atoms. The van der Waals surface area contributed by atoms with E-state index in [2.05, 4.69) is 15.3 Å². The number of anilines is 2. The highest BCUT2D eigenvalue weighted by atomic mass is 35.5. The molecule has 0 saturated carbocycles. The number of rotatable bonds is 2. The van der Waals surface area contributed by atoms with Crippen LogP contribution in [0.2, 0.25) is 5.02 Å². The third kappa shape index (κ3) is 2.19. The van der Waals surface area contributed by atoms with Crippen LogP contribution in [0.5, 0.6) is 0 Å². The van der Waals surface area contributed by atoms with Gasteiger partial charge in [0, 0.05) is 15.6 Å². The number of benzene rings is 1. The lowest BCUT2D eigenvalue weighted by atomic mass is 10.2. The van der Waals surface area contributed by atoms with Crippen molar-refractivity contribution in [3.05, 3.63) is 45.6 Å². The normalized spacial score (nSPS) is 13.6. The number of thiophene rings is 1. The van der Waals surface area contributed by atoms with Crippen molar-refractivity contribution in [3.8, 4) is 0 Å². The van der Waals surface area contributed by atoms with Gasteiger partial charge < -0.3 is 5.32 Å². The van der Waals surface area contributed by atoms with Gasteiger partial charge in [0.2, 0.25) is 0 Å². The zero-order valence-corrected chi connectivity index (χ0v) is 13.2. The van der Waals surface area contributed by atoms with Gasteiger partial charge >= 0.3 is 0 Å². The summed E-state index contributed by atoms with van der Waals surface area (Å²) in [6, 6.07) is 5.99. The molecule has 3 nitrogen and oxygen atoms in total. The minimum Gasteiger partial charge on any atom is -0.340 e. The highest BCUT2D eigenvalue weighted by molar-refractivity contribution is 7.19. The van der Waals surface area contributed by atoms with Crippen LogP contribution >= 0.6 is 22.9 Å². The number of aryl methyl sites for hydroxylation is 3. The third-order valence-electron chi connectivity index (χ3n) is 3.94. The zero-order chi connectivity index (χ0) is 14.4. The van der Waals surface area contributed by atoms with Gasteiger partial charge in [-0.2, -0.15) is 0 Å². The smallest absolute Gasteiger partial charge is 0.142 e. The van der Waals surface area contributed by atoms with Gasteiger partial charge in [-0.3, -0.25) is 0 Å². The van der Waals surface area contributed by atoms with Gasteiger partial charge in [0.05, 0.1) is 5.39 Å². The van der Waals surface area contributed by atoms with Gasteiger partial charge in [-0.25, -0.2) is 9.97 Å². The number of halogens is 1. The second-order valence-electron chi connectivity index (χ2n) is 5.35. The van der Waals surface area contributed by atoms with Crippen LogP contribution < -0.4 is 5.32 Å². The maximum absolute atomic E-state index is 6.20. The predicted molar refractivity (Wildman–Crippen MR) is 88.9 cm³/mol. The molecule has 3 aromatic rings. The van der Waals surface area contributed by atoms with E-state index in [1.807, 2.05) is 25.1 Å². The molecule has 1 aliphatic rings. The molecule has 2 aromatic heterocycles. The van der Waals surface area contributed by atoms with E-state index in [0.29, 0.717) is 0 Å². The Morgan fingerprint density at radius 2 is 2.14 bits per heavy atom. The van der Waals surface area contributed by atoms with Crippen LogP contribution in [0, 0.1) is 6.92 Å². The SMILES string of the molecule is Cc1ccc(Nc2ncnc3sc4c(c23)CCC4)cc1Cl. The Balaban J connectivity index is 1.81. The fourth-order valence-corrected chi connectivity index (χ4v) is 4.24. The van der Waals surface area contributed by atoms with Gasteiger partial charge in [-0.05, 0) is 49.4 Å². The van der Waals surface area contributed by atoms with Crippen molar-refractivity contribution in [3.63, 3.8) is 0 Å². The number of aromatic nitrogens is 2. The summed E-state index contributed by atoms with van der Waals surface area (Å²) in [5.41, 5.74) is 3.46. The molecule has 2 heterocycles. The van der Waals surface area contributed by atoms with Crippen LogP contribution in [-0.4, -0.2) is 9.97 Å². The van der Waals surface area contributed by atoms with Crippen LogP contribution in [0.15, 0.2) is 24.5 Å². The molecule has 1 aliphatic carbocycles. The monoisotopic (exact) mass is 315 g/mol. The van der Waals surface area contributed by atoms with E-state index in [1.165, 1.54) is 28.7 Å². The third-order valence-corrected chi connectivity index (χ3v) is 5.54. The molecule has 0 fully saturated rings. The van der Waals surface area contributed by atoms with Gasteiger partial charge in [0.1, 0.15) is 17.0 Å². The van der Waals surface area contributed by atoms with Gasteiger partial charge in [0.15, 0.2) is 0 Å². The number of hydrogen-bond acceptors (Lipinski definition) is 4. The molecule has 0 aliphatic heterocycles. The molecule has 0 unspecified atom stereocenters. The summed E-state index contributed by atoms with van der Waals surface area (Å²) < 4.78 is 0. The number of nitrogens with zero attached hydrogens (tertiary/aromatic N) is 2. The zero-order valence-electron chi connectivity index (χ0n) is 11.6. The van der Waals surface area contributed by atoms with Gasteiger partial charge in [-0.1, -0.05) is 17.7 Å². The quantitative estimate of drug-likeness (QED) is 0.732. The first-order chi connectivity index (χ1) is 10.2. The van der Waals surface area contributed by atoms with Gasteiger partial charge in [-0.15, -0.1) is 11.3 Å². The Hall–Kier alpha value is -1.65. The molecule has 0 spiro atoms. The number of fused-ring (bicyclic) bond motifs is 3. The summed E-state index contributed by atoms with van der Waals surface area (Å²) >= 11 is 8.00. The van der Waals surface area contributed by atoms with Crippen molar-refractivity contribution in [2.24, 2.45) is 0 Å². The van der Waals surface area contributed by atoms with Crippen LogP contribution in [0.1, 0.15) is 22.4 Å². The second kappa shape index (κ2) is 4.97. The standard InChI is InChI=1S/C16H14ClN3S/c1-9-5-6-10(7-12(9)17)20-15-14-11-3-2-4-13(11)21-16(14)19-8-18-15/h5-8H,2-4H2,1H3,(H,18,19,20). The van der Waals surface area contributed by atoms with Crippen molar-refractivity contribution < 1.29 is 0 Å².